The lowest BCUT2D eigenvalue weighted by atomic mass is 9.98. The molecule has 0 radical (unpaired) electrons. The highest BCUT2D eigenvalue weighted by atomic mass is 16.5. The van der Waals surface area contributed by atoms with Gasteiger partial charge in [0, 0.05) is 25.2 Å². The molecule has 1 aromatic heterocycles. The third kappa shape index (κ3) is 4.37. The van der Waals surface area contributed by atoms with Crippen LogP contribution in [0, 0.1) is 5.92 Å². The summed E-state index contributed by atoms with van der Waals surface area (Å²) in [4.78, 5) is 37.0. The van der Waals surface area contributed by atoms with Crippen LogP contribution < -0.4 is 10.6 Å². The predicted molar refractivity (Wildman–Crippen MR) is 128 cm³/mol. The third-order valence-electron chi connectivity index (χ3n) is 6.77. The van der Waals surface area contributed by atoms with Crippen molar-refractivity contribution in [2.24, 2.45) is 13.0 Å². The van der Waals surface area contributed by atoms with Crippen molar-refractivity contribution in [3.63, 3.8) is 0 Å². The summed E-state index contributed by atoms with van der Waals surface area (Å²) in [6.45, 7) is 0.143. The molecule has 9 heteroatoms. The Bertz CT molecular complexity index is 1250. The van der Waals surface area contributed by atoms with Gasteiger partial charge in [0.15, 0.2) is 5.69 Å². The van der Waals surface area contributed by atoms with Crippen molar-refractivity contribution >= 4 is 23.7 Å². The van der Waals surface area contributed by atoms with Crippen LogP contribution in [-0.2, 0) is 16.6 Å². The Morgan fingerprint density at radius 1 is 1.06 bits per heavy atom. The van der Waals surface area contributed by atoms with E-state index in [1.165, 1.54) is 10.9 Å². The maximum Gasteiger partial charge on any atom is 0.411 e. The molecule has 5 rings (SSSR count). The average molecular weight is 475 g/mol. The zero-order chi connectivity index (χ0) is 24.5. The topological polar surface area (TPSA) is 123 Å². The van der Waals surface area contributed by atoms with E-state index in [0.717, 1.165) is 28.7 Å². The molecule has 3 aromatic rings. The van der Waals surface area contributed by atoms with Crippen molar-refractivity contribution < 1.29 is 24.2 Å². The molecule has 2 unspecified atom stereocenters. The van der Waals surface area contributed by atoms with Gasteiger partial charge in [0.1, 0.15) is 6.61 Å². The van der Waals surface area contributed by atoms with Crippen LogP contribution in [0.4, 0.5) is 10.5 Å². The molecule has 0 bridgehead atoms. The summed E-state index contributed by atoms with van der Waals surface area (Å²) in [5.74, 6) is -2.16. The number of fused-ring (bicyclic) bond motifs is 3. The summed E-state index contributed by atoms with van der Waals surface area (Å²) in [5, 5.41) is 18.9. The Kier molecular flexibility index (Phi) is 5.98. The van der Waals surface area contributed by atoms with E-state index in [4.69, 9.17) is 4.74 Å². The first-order valence-electron chi connectivity index (χ1n) is 11.6. The molecule has 0 aliphatic heterocycles. The number of hydrogen-bond donors (Lipinski definition) is 3. The maximum atomic E-state index is 12.9. The number of carbonyl (C=O) groups is 3. The Hall–Kier alpha value is -4.14. The van der Waals surface area contributed by atoms with E-state index in [1.54, 1.807) is 7.05 Å². The van der Waals surface area contributed by atoms with Gasteiger partial charge in [-0.3, -0.25) is 19.6 Å². The minimum atomic E-state index is -0.925. The quantitative estimate of drug-likeness (QED) is 0.500. The van der Waals surface area contributed by atoms with Gasteiger partial charge in [0.05, 0.1) is 11.6 Å². The lowest BCUT2D eigenvalue weighted by molar-refractivity contribution is -0.142. The summed E-state index contributed by atoms with van der Waals surface area (Å²) in [7, 11) is 1.63. The fourth-order valence-corrected chi connectivity index (χ4v) is 5.16. The largest absolute Gasteiger partial charge is 0.481 e. The first-order chi connectivity index (χ1) is 16.9. The first kappa shape index (κ1) is 22.6. The summed E-state index contributed by atoms with van der Waals surface area (Å²) in [6, 6.07) is 15.7. The Morgan fingerprint density at radius 2 is 1.71 bits per heavy atom. The number of benzene rings is 2. The van der Waals surface area contributed by atoms with Gasteiger partial charge in [0.2, 0.25) is 0 Å². The average Bonchev–Trinajstić information content (AvgIpc) is 3.53. The Morgan fingerprint density at radius 3 is 2.37 bits per heavy atom. The van der Waals surface area contributed by atoms with E-state index in [9.17, 15) is 19.5 Å². The molecule has 1 fully saturated rings. The van der Waals surface area contributed by atoms with E-state index in [0.29, 0.717) is 12.8 Å². The van der Waals surface area contributed by atoms with Crippen LogP contribution in [0.25, 0.3) is 11.1 Å². The molecule has 9 nitrogen and oxygen atoms in total. The van der Waals surface area contributed by atoms with Gasteiger partial charge in [0.25, 0.3) is 5.91 Å². The SMILES string of the molecule is Cn1cc(NC(=O)OCC2c3ccccc3-c3ccccc32)c(C(=O)NC2CCCC2C(=O)O)n1. The number of carboxylic acid groups (broad SMARTS) is 1. The second-order valence-electron chi connectivity index (χ2n) is 8.97. The highest BCUT2D eigenvalue weighted by Gasteiger charge is 2.35. The van der Waals surface area contributed by atoms with Gasteiger partial charge >= 0.3 is 12.1 Å². The fourth-order valence-electron chi connectivity index (χ4n) is 5.16. The number of aryl methyl sites for hydroxylation is 1. The van der Waals surface area contributed by atoms with Crippen LogP contribution in [0.1, 0.15) is 46.8 Å². The lowest BCUT2D eigenvalue weighted by Gasteiger charge is -2.17. The molecular formula is C26H26N4O5. The van der Waals surface area contributed by atoms with E-state index < -0.39 is 29.9 Å². The number of nitrogens with one attached hydrogen (secondary N) is 2. The van der Waals surface area contributed by atoms with Crippen LogP contribution in [0.5, 0.6) is 0 Å². The summed E-state index contributed by atoms with van der Waals surface area (Å²) < 4.78 is 6.99. The van der Waals surface area contributed by atoms with Gasteiger partial charge in [-0.1, -0.05) is 55.0 Å². The number of ether oxygens (including phenoxy) is 1. The molecule has 2 aliphatic rings. The zero-order valence-corrected chi connectivity index (χ0v) is 19.2. The Labute approximate surface area is 202 Å². The Balaban J connectivity index is 1.26. The van der Waals surface area contributed by atoms with Crippen LogP contribution in [0.3, 0.4) is 0 Å². The highest BCUT2D eigenvalue weighted by molar-refractivity contribution is 6.01. The van der Waals surface area contributed by atoms with Gasteiger partial charge in [-0.15, -0.1) is 0 Å². The second kappa shape index (κ2) is 9.25. The molecule has 35 heavy (non-hydrogen) atoms. The second-order valence-corrected chi connectivity index (χ2v) is 8.97. The number of hydrogen-bond acceptors (Lipinski definition) is 5. The molecule has 2 amide bonds. The molecule has 1 saturated carbocycles. The first-order valence-corrected chi connectivity index (χ1v) is 11.6. The summed E-state index contributed by atoms with van der Waals surface area (Å²) in [5.41, 5.74) is 4.69. The number of nitrogens with zero attached hydrogens (tertiary/aromatic N) is 2. The van der Waals surface area contributed by atoms with Crippen LogP contribution >= 0.6 is 0 Å². The molecule has 2 atom stereocenters. The third-order valence-corrected chi connectivity index (χ3v) is 6.77. The number of anilines is 1. The van der Waals surface area contributed by atoms with Crippen LogP contribution in [-0.4, -0.2) is 45.5 Å². The lowest BCUT2D eigenvalue weighted by Crippen LogP contribution is -2.40. The zero-order valence-electron chi connectivity index (χ0n) is 19.2. The number of carbonyl (C=O) groups excluding carboxylic acids is 2. The minimum absolute atomic E-state index is 0.0112. The number of rotatable bonds is 6. The maximum absolute atomic E-state index is 12.9. The monoisotopic (exact) mass is 474 g/mol. The molecule has 1 heterocycles. The predicted octanol–water partition coefficient (Wildman–Crippen LogP) is 3.76. The van der Waals surface area contributed by atoms with Gasteiger partial charge < -0.3 is 15.2 Å². The van der Waals surface area contributed by atoms with Crippen molar-refractivity contribution in [2.75, 3.05) is 11.9 Å². The molecule has 0 spiro atoms. The molecule has 180 valence electrons. The van der Waals surface area contributed by atoms with E-state index in [2.05, 4.69) is 27.9 Å². The number of amides is 2. The standard InChI is InChI=1S/C26H26N4O5/c1-30-13-22(23(29-30)24(31)27-21-12-6-11-19(21)25(32)33)28-26(34)35-14-20-17-9-4-2-7-15(17)16-8-3-5-10-18(16)20/h2-5,7-10,13,19-21H,6,11-12,14H2,1H3,(H,27,31)(H,28,34)(H,32,33). The van der Waals surface area contributed by atoms with Crippen LogP contribution in [0.2, 0.25) is 0 Å². The van der Waals surface area contributed by atoms with Gasteiger partial charge in [-0.25, -0.2) is 4.79 Å². The van der Waals surface area contributed by atoms with Crippen molar-refractivity contribution in [1.82, 2.24) is 15.1 Å². The molecular weight excluding hydrogens is 448 g/mol. The summed E-state index contributed by atoms with van der Waals surface area (Å²) in [6.07, 6.45) is 2.66. The van der Waals surface area contributed by atoms with Gasteiger partial charge in [-0.2, -0.15) is 5.10 Å². The van der Waals surface area contributed by atoms with Gasteiger partial charge in [-0.05, 0) is 35.1 Å². The highest BCUT2D eigenvalue weighted by Crippen LogP contribution is 2.44. The summed E-state index contributed by atoms with van der Waals surface area (Å²) >= 11 is 0. The van der Waals surface area contributed by atoms with Crippen molar-refractivity contribution in [2.45, 2.75) is 31.2 Å². The number of carboxylic acids is 1. The molecule has 3 N–H and O–H groups in total. The van der Waals surface area contributed by atoms with Crippen LogP contribution in [0.15, 0.2) is 54.7 Å². The fraction of sp³-hybridized carbons (Fsp3) is 0.308. The smallest absolute Gasteiger partial charge is 0.411 e. The van der Waals surface area contributed by atoms with E-state index >= 15 is 0 Å². The van der Waals surface area contributed by atoms with Crippen molar-refractivity contribution in [3.05, 3.63) is 71.5 Å². The molecule has 0 saturated heterocycles. The minimum Gasteiger partial charge on any atom is -0.481 e. The normalized spacial score (nSPS) is 18.5. The van der Waals surface area contributed by atoms with E-state index in [-0.39, 0.29) is 23.9 Å². The van der Waals surface area contributed by atoms with E-state index in [1.807, 2.05) is 36.4 Å². The molecule has 2 aromatic carbocycles. The number of aromatic nitrogens is 2. The number of aliphatic carboxylic acids is 1. The molecule has 2 aliphatic carbocycles. The van der Waals surface area contributed by atoms with Crippen molar-refractivity contribution in [1.29, 1.82) is 0 Å². The van der Waals surface area contributed by atoms with Crippen molar-refractivity contribution in [3.8, 4) is 11.1 Å².